The zero-order valence-electron chi connectivity index (χ0n) is 10.2. The summed E-state index contributed by atoms with van der Waals surface area (Å²) < 4.78 is 1.78. The molecule has 0 radical (unpaired) electrons. The van der Waals surface area contributed by atoms with Crippen molar-refractivity contribution in [3.63, 3.8) is 0 Å². The number of nitriles is 1. The van der Waals surface area contributed by atoms with Gasteiger partial charge in [-0.2, -0.15) is 5.26 Å². The number of hydrogen-bond acceptors (Lipinski definition) is 4. The van der Waals surface area contributed by atoms with Gasteiger partial charge in [0, 0.05) is 25.3 Å². The van der Waals surface area contributed by atoms with Crippen molar-refractivity contribution < 1.29 is 4.79 Å². The quantitative estimate of drug-likeness (QED) is 0.797. The van der Waals surface area contributed by atoms with Crippen LogP contribution in [0.1, 0.15) is 29.8 Å². The van der Waals surface area contributed by atoms with Crippen LogP contribution >= 0.6 is 0 Å². The fourth-order valence-electron chi connectivity index (χ4n) is 2.28. The van der Waals surface area contributed by atoms with Crippen molar-refractivity contribution in [2.24, 2.45) is 11.7 Å². The molecule has 1 aromatic rings. The molecular weight excluding hydrogens is 230 g/mol. The van der Waals surface area contributed by atoms with E-state index in [2.05, 4.69) is 16.4 Å². The van der Waals surface area contributed by atoms with Crippen molar-refractivity contribution in [1.82, 2.24) is 14.9 Å². The molecule has 0 bridgehead atoms. The number of nitrogens with one attached hydrogen (secondary N) is 1. The van der Waals surface area contributed by atoms with E-state index in [0.29, 0.717) is 18.8 Å². The van der Waals surface area contributed by atoms with Crippen LogP contribution in [0, 0.1) is 17.2 Å². The van der Waals surface area contributed by atoms with Crippen molar-refractivity contribution in [1.29, 1.82) is 5.26 Å². The molecule has 0 aliphatic heterocycles. The molecule has 2 rings (SSSR count). The van der Waals surface area contributed by atoms with Crippen LogP contribution in [-0.2, 0) is 6.54 Å². The third-order valence-electron chi connectivity index (χ3n) is 3.25. The van der Waals surface area contributed by atoms with E-state index >= 15 is 0 Å². The first-order valence-corrected chi connectivity index (χ1v) is 6.17. The largest absolute Gasteiger partial charge is 0.347 e. The Labute approximate surface area is 106 Å². The Hall–Kier alpha value is -1.87. The molecule has 0 saturated heterocycles. The Morgan fingerprint density at radius 3 is 3.22 bits per heavy atom. The van der Waals surface area contributed by atoms with Crippen molar-refractivity contribution in [3.8, 4) is 6.07 Å². The van der Waals surface area contributed by atoms with Gasteiger partial charge in [0.1, 0.15) is 5.69 Å². The zero-order valence-corrected chi connectivity index (χ0v) is 10.2. The summed E-state index contributed by atoms with van der Waals surface area (Å²) in [5.41, 5.74) is 5.81. The van der Waals surface area contributed by atoms with Gasteiger partial charge < -0.3 is 15.6 Å². The van der Waals surface area contributed by atoms with Gasteiger partial charge in [-0.05, 0) is 19.3 Å². The lowest BCUT2D eigenvalue weighted by Gasteiger charge is -2.14. The van der Waals surface area contributed by atoms with Gasteiger partial charge in [0.05, 0.1) is 18.3 Å². The SMILES string of the molecule is N#CC1CCCC1NC(=O)c1cn(CCN)cn1. The molecule has 1 amide bonds. The van der Waals surface area contributed by atoms with Crippen molar-refractivity contribution in [2.45, 2.75) is 31.8 Å². The Morgan fingerprint density at radius 1 is 1.67 bits per heavy atom. The molecule has 1 aromatic heterocycles. The van der Waals surface area contributed by atoms with E-state index < -0.39 is 0 Å². The van der Waals surface area contributed by atoms with Crippen LogP contribution in [0.4, 0.5) is 0 Å². The van der Waals surface area contributed by atoms with Gasteiger partial charge in [-0.15, -0.1) is 0 Å². The van der Waals surface area contributed by atoms with Crippen LogP contribution < -0.4 is 11.1 Å². The van der Waals surface area contributed by atoms with Crippen LogP contribution in [0.25, 0.3) is 0 Å². The number of rotatable bonds is 4. The topological polar surface area (TPSA) is 96.7 Å². The molecule has 1 aliphatic carbocycles. The molecular formula is C12H17N5O. The minimum atomic E-state index is -0.210. The van der Waals surface area contributed by atoms with E-state index in [-0.39, 0.29) is 17.9 Å². The van der Waals surface area contributed by atoms with Crippen LogP contribution in [0.5, 0.6) is 0 Å². The van der Waals surface area contributed by atoms with Crippen LogP contribution in [0.15, 0.2) is 12.5 Å². The van der Waals surface area contributed by atoms with Crippen LogP contribution in [0.3, 0.4) is 0 Å². The molecule has 1 heterocycles. The Balaban J connectivity index is 1.96. The average Bonchev–Trinajstić information content (AvgIpc) is 2.98. The van der Waals surface area contributed by atoms with Crippen LogP contribution in [-0.4, -0.2) is 28.0 Å². The van der Waals surface area contributed by atoms with Crippen LogP contribution in [0.2, 0.25) is 0 Å². The maximum Gasteiger partial charge on any atom is 0.271 e. The molecule has 3 N–H and O–H groups in total. The van der Waals surface area contributed by atoms with Gasteiger partial charge >= 0.3 is 0 Å². The summed E-state index contributed by atoms with van der Waals surface area (Å²) in [7, 11) is 0. The number of nitrogens with zero attached hydrogens (tertiary/aromatic N) is 3. The predicted molar refractivity (Wildman–Crippen MR) is 65.5 cm³/mol. The zero-order chi connectivity index (χ0) is 13.0. The summed E-state index contributed by atoms with van der Waals surface area (Å²) in [5, 5.41) is 11.8. The van der Waals surface area contributed by atoms with E-state index in [1.165, 1.54) is 0 Å². The molecule has 1 aliphatic rings. The summed E-state index contributed by atoms with van der Waals surface area (Å²) in [6.45, 7) is 1.15. The summed E-state index contributed by atoms with van der Waals surface area (Å²) >= 11 is 0. The lowest BCUT2D eigenvalue weighted by atomic mass is 10.1. The lowest BCUT2D eigenvalue weighted by molar-refractivity contribution is 0.0928. The lowest BCUT2D eigenvalue weighted by Crippen LogP contribution is -2.37. The summed E-state index contributed by atoms with van der Waals surface area (Å²) in [4.78, 5) is 16.0. The van der Waals surface area contributed by atoms with Gasteiger partial charge in [-0.1, -0.05) is 0 Å². The predicted octanol–water partition coefficient (Wildman–Crippen LogP) is 0.264. The monoisotopic (exact) mass is 247 g/mol. The molecule has 0 spiro atoms. The fourth-order valence-corrected chi connectivity index (χ4v) is 2.28. The standard InChI is InChI=1S/C12H17N5O/c13-4-5-17-7-11(15-8-17)12(18)16-10-3-1-2-9(10)6-14/h7-10H,1-5,13H2,(H,16,18). The molecule has 1 fully saturated rings. The van der Waals surface area contributed by atoms with E-state index in [0.717, 1.165) is 19.3 Å². The molecule has 18 heavy (non-hydrogen) atoms. The van der Waals surface area contributed by atoms with Gasteiger partial charge in [0.15, 0.2) is 0 Å². The van der Waals surface area contributed by atoms with Gasteiger partial charge in [0.25, 0.3) is 5.91 Å². The third kappa shape index (κ3) is 2.68. The van der Waals surface area contributed by atoms with E-state index in [1.807, 2.05) is 0 Å². The second kappa shape index (κ2) is 5.65. The third-order valence-corrected chi connectivity index (χ3v) is 3.25. The smallest absolute Gasteiger partial charge is 0.271 e. The Kier molecular flexibility index (Phi) is 3.95. The van der Waals surface area contributed by atoms with E-state index in [9.17, 15) is 4.79 Å². The highest BCUT2D eigenvalue weighted by molar-refractivity contribution is 5.92. The number of hydrogen-bond donors (Lipinski definition) is 2. The average molecular weight is 247 g/mol. The van der Waals surface area contributed by atoms with Gasteiger partial charge in [0.2, 0.25) is 0 Å². The molecule has 96 valence electrons. The second-order valence-electron chi connectivity index (χ2n) is 4.53. The second-order valence-corrected chi connectivity index (χ2v) is 4.53. The normalized spacial score (nSPS) is 22.7. The number of imidazole rings is 1. The van der Waals surface area contributed by atoms with Crippen molar-refractivity contribution >= 4 is 5.91 Å². The first kappa shape index (κ1) is 12.6. The number of amides is 1. The number of nitrogens with two attached hydrogens (primary N) is 1. The molecule has 2 unspecified atom stereocenters. The first-order chi connectivity index (χ1) is 8.74. The van der Waals surface area contributed by atoms with Gasteiger partial charge in [-0.3, -0.25) is 4.79 Å². The summed E-state index contributed by atoms with van der Waals surface area (Å²) in [6.07, 6.45) is 6.00. The van der Waals surface area contributed by atoms with E-state index in [1.54, 1.807) is 17.1 Å². The fraction of sp³-hybridized carbons (Fsp3) is 0.583. The Morgan fingerprint density at radius 2 is 2.50 bits per heavy atom. The highest BCUT2D eigenvalue weighted by atomic mass is 16.2. The molecule has 6 heteroatoms. The highest BCUT2D eigenvalue weighted by Crippen LogP contribution is 2.24. The molecule has 1 saturated carbocycles. The summed E-state index contributed by atoms with van der Waals surface area (Å²) in [5.74, 6) is -0.280. The number of carbonyl (C=O) groups is 1. The van der Waals surface area contributed by atoms with Crippen molar-refractivity contribution in [3.05, 3.63) is 18.2 Å². The summed E-state index contributed by atoms with van der Waals surface area (Å²) in [6, 6.07) is 2.20. The first-order valence-electron chi connectivity index (χ1n) is 6.17. The molecule has 0 aromatic carbocycles. The minimum absolute atomic E-state index is 0.0397. The highest BCUT2D eigenvalue weighted by Gasteiger charge is 2.29. The maximum atomic E-state index is 12.0. The molecule has 2 atom stereocenters. The van der Waals surface area contributed by atoms with Gasteiger partial charge in [-0.25, -0.2) is 4.98 Å². The van der Waals surface area contributed by atoms with Crippen molar-refractivity contribution in [2.75, 3.05) is 6.54 Å². The Bertz CT molecular complexity index is 461. The number of aromatic nitrogens is 2. The molecule has 6 nitrogen and oxygen atoms in total. The maximum absolute atomic E-state index is 12.0. The minimum Gasteiger partial charge on any atom is -0.347 e. The van der Waals surface area contributed by atoms with E-state index in [4.69, 9.17) is 11.0 Å². The number of carbonyl (C=O) groups excluding carboxylic acids is 1.